The molecule has 1 heterocycles. The number of nitrogens with zero attached hydrogens (tertiary/aromatic N) is 1. The van der Waals surface area contributed by atoms with Crippen LogP contribution in [0.2, 0.25) is 0 Å². The van der Waals surface area contributed by atoms with Gasteiger partial charge in [0, 0.05) is 12.2 Å². The van der Waals surface area contributed by atoms with E-state index in [1.807, 2.05) is 0 Å². The van der Waals surface area contributed by atoms with Crippen LogP contribution in [0, 0.1) is 17.8 Å². The lowest BCUT2D eigenvalue weighted by molar-refractivity contribution is 0.0890. The van der Waals surface area contributed by atoms with Crippen molar-refractivity contribution in [1.29, 1.82) is 0 Å². The van der Waals surface area contributed by atoms with Crippen molar-refractivity contribution in [3.63, 3.8) is 0 Å². The summed E-state index contributed by atoms with van der Waals surface area (Å²) in [6.07, 6.45) is 4.68. The molecule has 1 aromatic rings. The number of rotatable bonds is 2. The third kappa shape index (κ3) is 2.86. The highest BCUT2D eigenvalue weighted by molar-refractivity contribution is 5.94. The molecule has 1 aromatic heterocycles. The molecule has 0 aromatic carbocycles. The number of hydrogen-bond acceptors (Lipinski definition) is 2. The zero-order valence-electron chi connectivity index (χ0n) is 10.8. The average molecular weight is 250 g/mol. The predicted molar refractivity (Wildman–Crippen MR) is 67.6 cm³/mol. The van der Waals surface area contributed by atoms with Gasteiger partial charge >= 0.3 is 0 Å². The van der Waals surface area contributed by atoms with Gasteiger partial charge in [-0.2, -0.15) is 4.39 Å². The van der Waals surface area contributed by atoms with Crippen molar-refractivity contribution in [3.05, 3.63) is 29.8 Å². The van der Waals surface area contributed by atoms with Crippen LogP contribution in [-0.2, 0) is 0 Å². The van der Waals surface area contributed by atoms with Crippen LogP contribution in [0.3, 0.4) is 0 Å². The second-order valence-corrected chi connectivity index (χ2v) is 5.22. The number of carbonyl (C=O) groups is 1. The topological polar surface area (TPSA) is 42.0 Å². The van der Waals surface area contributed by atoms with E-state index in [2.05, 4.69) is 24.1 Å². The lowest BCUT2D eigenvalue weighted by Gasteiger charge is -2.34. The van der Waals surface area contributed by atoms with E-state index in [0.717, 1.165) is 12.8 Å². The third-order valence-electron chi connectivity index (χ3n) is 4.01. The molecule has 98 valence electrons. The van der Waals surface area contributed by atoms with Gasteiger partial charge in [0.05, 0.1) is 5.56 Å². The van der Waals surface area contributed by atoms with E-state index < -0.39 is 5.95 Å². The molecule has 1 amide bonds. The smallest absolute Gasteiger partial charge is 0.253 e. The van der Waals surface area contributed by atoms with Gasteiger partial charge in [-0.15, -0.1) is 0 Å². The van der Waals surface area contributed by atoms with E-state index in [-0.39, 0.29) is 11.9 Å². The van der Waals surface area contributed by atoms with E-state index in [0.29, 0.717) is 17.4 Å². The van der Waals surface area contributed by atoms with Crippen LogP contribution < -0.4 is 5.32 Å². The second kappa shape index (κ2) is 5.46. The molecule has 0 spiro atoms. The molecule has 2 rings (SSSR count). The molecule has 0 aliphatic heterocycles. The summed E-state index contributed by atoms with van der Waals surface area (Å²) in [6.45, 7) is 4.40. The Morgan fingerprint density at radius 3 is 2.83 bits per heavy atom. The molecule has 18 heavy (non-hydrogen) atoms. The molecule has 1 N–H and O–H groups in total. The quantitative estimate of drug-likeness (QED) is 0.820. The zero-order valence-corrected chi connectivity index (χ0v) is 10.8. The summed E-state index contributed by atoms with van der Waals surface area (Å²) in [6, 6.07) is 2.89. The van der Waals surface area contributed by atoms with Crippen LogP contribution in [0.5, 0.6) is 0 Å². The number of pyridine rings is 1. The Morgan fingerprint density at radius 2 is 2.17 bits per heavy atom. The number of amides is 1. The number of halogens is 1. The minimum absolute atomic E-state index is 0.159. The first-order valence-electron chi connectivity index (χ1n) is 6.50. The summed E-state index contributed by atoms with van der Waals surface area (Å²) < 4.78 is 12.7. The average Bonchev–Trinajstić information content (AvgIpc) is 2.36. The Labute approximate surface area is 107 Å². The molecule has 3 nitrogen and oxygen atoms in total. The van der Waals surface area contributed by atoms with Crippen molar-refractivity contribution < 1.29 is 9.18 Å². The molecule has 3 unspecified atom stereocenters. The molecule has 1 aliphatic carbocycles. The summed E-state index contributed by atoms with van der Waals surface area (Å²) in [4.78, 5) is 15.5. The van der Waals surface area contributed by atoms with E-state index in [1.165, 1.54) is 24.8 Å². The van der Waals surface area contributed by atoms with Gasteiger partial charge in [0.2, 0.25) is 5.95 Å². The Kier molecular flexibility index (Phi) is 3.94. The highest BCUT2D eigenvalue weighted by Crippen LogP contribution is 2.29. The molecule has 1 saturated carbocycles. The van der Waals surface area contributed by atoms with Crippen LogP contribution >= 0.6 is 0 Å². The van der Waals surface area contributed by atoms with Crippen molar-refractivity contribution in [2.45, 2.75) is 39.2 Å². The number of aromatic nitrogens is 1. The molecule has 0 saturated heterocycles. The largest absolute Gasteiger partial charge is 0.349 e. The maximum absolute atomic E-state index is 12.7. The zero-order chi connectivity index (χ0) is 13.1. The van der Waals surface area contributed by atoms with Gasteiger partial charge in [0.25, 0.3) is 5.91 Å². The van der Waals surface area contributed by atoms with Gasteiger partial charge in [0.15, 0.2) is 0 Å². The third-order valence-corrected chi connectivity index (χ3v) is 4.01. The van der Waals surface area contributed by atoms with Gasteiger partial charge in [-0.1, -0.05) is 26.7 Å². The van der Waals surface area contributed by atoms with Gasteiger partial charge in [0.1, 0.15) is 0 Å². The molecule has 3 atom stereocenters. The van der Waals surface area contributed by atoms with Gasteiger partial charge < -0.3 is 5.32 Å². The Hall–Kier alpha value is -1.45. The SMILES string of the molecule is CC1CCCC(NC(=O)c2ccc(F)nc2)C1C. The van der Waals surface area contributed by atoms with Crippen molar-refractivity contribution in [2.24, 2.45) is 11.8 Å². The Balaban J connectivity index is 2.00. The normalized spacial score (nSPS) is 27.8. The Bertz CT molecular complexity index is 418. The van der Waals surface area contributed by atoms with Gasteiger partial charge in [-0.05, 0) is 30.4 Å². The Morgan fingerprint density at radius 1 is 1.39 bits per heavy atom. The number of carbonyl (C=O) groups excluding carboxylic acids is 1. The highest BCUT2D eigenvalue weighted by Gasteiger charge is 2.28. The molecular weight excluding hydrogens is 231 g/mol. The van der Waals surface area contributed by atoms with Crippen molar-refractivity contribution in [1.82, 2.24) is 10.3 Å². The van der Waals surface area contributed by atoms with E-state index >= 15 is 0 Å². The fraction of sp³-hybridized carbons (Fsp3) is 0.571. The minimum atomic E-state index is -0.564. The maximum atomic E-state index is 12.7. The predicted octanol–water partition coefficient (Wildman–Crippen LogP) is 2.78. The highest BCUT2D eigenvalue weighted by atomic mass is 19.1. The molecule has 0 radical (unpaired) electrons. The van der Waals surface area contributed by atoms with Crippen molar-refractivity contribution in [2.75, 3.05) is 0 Å². The fourth-order valence-electron chi connectivity index (χ4n) is 2.55. The lowest BCUT2D eigenvalue weighted by atomic mass is 9.78. The monoisotopic (exact) mass is 250 g/mol. The molecule has 1 aliphatic rings. The first-order valence-corrected chi connectivity index (χ1v) is 6.50. The van der Waals surface area contributed by atoms with Crippen molar-refractivity contribution >= 4 is 5.91 Å². The fourth-order valence-corrected chi connectivity index (χ4v) is 2.55. The standard InChI is InChI=1S/C14H19FN2O/c1-9-4-3-5-12(10(9)2)17-14(18)11-6-7-13(15)16-8-11/h6-10,12H,3-5H2,1-2H3,(H,17,18). The molecule has 1 fully saturated rings. The minimum Gasteiger partial charge on any atom is -0.349 e. The first kappa shape index (κ1) is 13.0. The van der Waals surface area contributed by atoms with Crippen LogP contribution in [-0.4, -0.2) is 16.9 Å². The van der Waals surface area contributed by atoms with Crippen LogP contribution in [0.1, 0.15) is 43.5 Å². The van der Waals surface area contributed by atoms with Crippen LogP contribution in [0.4, 0.5) is 4.39 Å². The van der Waals surface area contributed by atoms with Gasteiger partial charge in [-0.3, -0.25) is 4.79 Å². The molecule has 4 heteroatoms. The van der Waals surface area contributed by atoms with Crippen LogP contribution in [0.25, 0.3) is 0 Å². The van der Waals surface area contributed by atoms with E-state index in [1.54, 1.807) is 0 Å². The summed E-state index contributed by atoms with van der Waals surface area (Å²) >= 11 is 0. The summed E-state index contributed by atoms with van der Waals surface area (Å²) in [5, 5.41) is 3.03. The summed E-state index contributed by atoms with van der Waals surface area (Å²) in [5.41, 5.74) is 0.418. The molecule has 0 bridgehead atoms. The molecular formula is C14H19FN2O. The second-order valence-electron chi connectivity index (χ2n) is 5.22. The number of nitrogens with one attached hydrogen (secondary N) is 1. The van der Waals surface area contributed by atoms with Crippen molar-refractivity contribution in [3.8, 4) is 0 Å². The van der Waals surface area contributed by atoms with E-state index in [9.17, 15) is 9.18 Å². The summed E-state index contributed by atoms with van der Waals surface area (Å²) in [7, 11) is 0. The lowest BCUT2D eigenvalue weighted by Crippen LogP contribution is -2.43. The number of hydrogen-bond donors (Lipinski definition) is 1. The van der Waals surface area contributed by atoms with Crippen LogP contribution in [0.15, 0.2) is 18.3 Å². The maximum Gasteiger partial charge on any atom is 0.253 e. The van der Waals surface area contributed by atoms with E-state index in [4.69, 9.17) is 0 Å². The van der Waals surface area contributed by atoms with Gasteiger partial charge in [-0.25, -0.2) is 4.98 Å². The first-order chi connectivity index (χ1) is 8.58. The summed E-state index contributed by atoms with van der Waals surface area (Å²) in [5.74, 6) is 0.395.